The van der Waals surface area contributed by atoms with E-state index in [1.807, 2.05) is 24.3 Å². The summed E-state index contributed by atoms with van der Waals surface area (Å²) in [5, 5.41) is 11.4. The van der Waals surface area contributed by atoms with Gasteiger partial charge in [-0.3, -0.25) is 9.65 Å². The number of aromatic amines is 1. The van der Waals surface area contributed by atoms with E-state index in [-0.39, 0.29) is 22.2 Å². The molecule has 12 heteroatoms. The lowest BCUT2D eigenvalue weighted by Gasteiger charge is -1.97. The number of imidazole rings is 1. The molecule has 0 aliphatic rings. The molecule has 0 saturated heterocycles. The van der Waals surface area contributed by atoms with Crippen LogP contribution in [0.2, 0.25) is 0 Å². The molecule has 0 aliphatic heterocycles. The fourth-order valence-corrected chi connectivity index (χ4v) is 4.56. The van der Waals surface area contributed by atoms with Crippen LogP contribution in [0, 0.1) is 6.92 Å². The molecule has 0 atom stereocenters. The van der Waals surface area contributed by atoms with Gasteiger partial charge in [-0.05, 0) is 30.6 Å². The fourth-order valence-electron chi connectivity index (χ4n) is 2.78. The first-order valence-corrected chi connectivity index (χ1v) is 9.94. The molecule has 0 fully saturated rings. The summed E-state index contributed by atoms with van der Waals surface area (Å²) in [4.78, 5) is 4.21. The van der Waals surface area contributed by atoms with E-state index < -0.39 is 10.1 Å². The lowest BCUT2D eigenvalue weighted by molar-refractivity contribution is 0.181. The minimum absolute atomic E-state index is 0.00571. The Balaban J connectivity index is 1.88. The highest BCUT2D eigenvalue weighted by Gasteiger charge is 2.23. The van der Waals surface area contributed by atoms with Crippen molar-refractivity contribution in [3.8, 4) is 0 Å². The van der Waals surface area contributed by atoms with Crippen LogP contribution in [0.5, 0.6) is 0 Å². The van der Waals surface area contributed by atoms with E-state index in [1.54, 1.807) is 11.6 Å². The largest absolute Gasteiger partial charge is 0.378 e. The number of H-pyrrole nitrogens is 1. The van der Waals surface area contributed by atoms with Crippen LogP contribution in [0.25, 0.3) is 16.7 Å². The van der Waals surface area contributed by atoms with Crippen molar-refractivity contribution in [1.29, 1.82) is 0 Å². The molecule has 0 radical (unpaired) electrons. The summed E-state index contributed by atoms with van der Waals surface area (Å²) in [6, 6.07) is 7.56. The minimum atomic E-state index is -4.45. The number of aryl methyl sites for hydroxylation is 1. The monoisotopic (exact) mass is 406 g/mol. The van der Waals surface area contributed by atoms with Gasteiger partial charge in [0.25, 0.3) is 10.1 Å². The number of hydrogen-bond donors (Lipinski definition) is 2. The zero-order chi connectivity index (χ0) is 19.2. The molecule has 10 nitrogen and oxygen atoms in total. The standard InChI is InChI=1S/C15H14N6O4S2/c1-8-13(27(22,23)24)15(26-20-8)18-17-12-10(7-25-2)19-21-11-6-4-3-5-9(11)16-14(12)21/h3-6,19H,7H2,1-2H3,(H,22,23,24). The lowest BCUT2D eigenvalue weighted by Crippen LogP contribution is -1.98. The number of aromatic nitrogens is 4. The Morgan fingerprint density at radius 3 is 2.85 bits per heavy atom. The third kappa shape index (κ3) is 3.02. The van der Waals surface area contributed by atoms with Gasteiger partial charge < -0.3 is 4.74 Å². The van der Waals surface area contributed by atoms with Gasteiger partial charge in [0, 0.05) is 7.11 Å². The molecule has 2 N–H and O–H groups in total. The molecular weight excluding hydrogens is 392 g/mol. The molecule has 0 amide bonds. The summed E-state index contributed by atoms with van der Waals surface area (Å²) < 4.78 is 43.4. The van der Waals surface area contributed by atoms with Crippen LogP contribution in [0.15, 0.2) is 39.4 Å². The summed E-state index contributed by atoms with van der Waals surface area (Å²) in [6.07, 6.45) is 0. The summed E-state index contributed by atoms with van der Waals surface area (Å²) >= 11 is 0.836. The molecule has 4 aromatic rings. The van der Waals surface area contributed by atoms with Gasteiger partial charge in [0.1, 0.15) is 0 Å². The SMILES string of the molecule is COCc1[nH]n2c(nc3ccccc32)c1N=Nc1snc(C)c1S(=O)(=O)O. The van der Waals surface area contributed by atoms with Gasteiger partial charge in [0.05, 0.1) is 29.0 Å². The molecule has 140 valence electrons. The Morgan fingerprint density at radius 2 is 2.11 bits per heavy atom. The van der Waals surface area contributed by atoms with E-state index in [4.69, 9.17) is 4.74 Å². The molecule has 3 heterocycles. The van der Waals surface area contributed by atoms with Gasteiger partial charge >= 0.3 is 0 Å². The van der Waals surface area contributed by atoms with Gasteiger partial charge in [-0.2, -0.15) is 12.8 Å². The van der Waals surface area contributed by atoms with Crippen LogP contribution in [0.3, 0.4) is 0 Å². The van der Waals surface area contributed by atoms with Gasteiger partial charge in [0.2, 0.25) is 0 Å². The fraction of sp³-hybridized carbons (Fsp3) is 0.200. The predicted molar refractivity (Wildman–Crippen MR) is 98.6 cm³/mol. The molecule has 0 saturated carbocycles. The number of methoxy groups -OCH3 is 1. The first kappa shape index (κ1) is 17.7. The number of hydrogen-bond acceptors (Lipinski definition) is 8. The van der Waals surface area contributed by atoms with Crippen molar-refractivity contribution >= 4 is 49.0 Å². The molecule has 27 heavy (non-hydrogen) atoms. The number of nitrogens with one attached hydrogen (secondary N) is 1. The van der Waals surface area contributed by atoms with Crippen molar-refractivity contribution in [3.63, 3.8) is 0 Å². The average Bonchev–Trinajstić information content (AvgIpc) is 3.25. The predicted octanol–water partition coefficient (Wildman–Crippen LogP) is 3.39. The smallest absolute Gasteiger partial charge is 0.299 e. The Bertz CT molecular complexity index is 1280. The number of nitrogens with zero attached hydrogens (tertiary/aromatic N) is 5. The molecule has 0 bridgehead atoms. The summed E-state index contributed by atoms with van der Waals surface area (Å²) in [6.45, 7) is 1.71. The van der Waals surface area contributed by atoms with Crippen LogP contribution >= 0.6 is 11.5 Å². The van der Waals surface area contributed by atoms with Crippen molar-refractivity contribution in [2.24, 2.45) is 10.2 Å². The molecule has 0 unspecified atom stereocenters. The maximum Gasteiger partial charge on any atom is 0.299 e. The Morgan fingerprint density at radius 1 is 1.33 bits per heavy atom. The molecule has 3 aromatic heterocycles. The van der Waals surface area contributed by atoms with E-state index in [0.717, 1.165) is 22.6 Å². The Labute approximate surface area is 157 Å². The minimum Gasteiger partial charge on any atom is -0.378 e. The zero-order valence-corrected chi connectivity index (χ0v) is 15.9. The summed E-state index contributed by atoms with van der Waals surface area (Å²) in [5.74, 6) is 0. The van der Waals surface area contributed by atoms with Crippen LogP contribution in [-0.4, -0.2) is 39.1 Å². The second kappa shape index (κ2) is 6.49. The molecule has 4 rings (SSSR count). The maximum atomic E-state index is 11.6. The van der Waals surface area contributed by atoms with Gasteiger partial charge in [-0.15, -0.1) is 10.2 Å². The average molecular weight is 406 g/mol. The summed E-state index contributed by atoms with van der Waals surface area (Å²) in [7, 11) is -2.91. The molecule has 0 spiro atoms. The van der Waals surface area contributed by atoms with E-state index >= 15 is 0 Å². The first-order valence-electron chi connectivity index (χ1n) is 7.72. The number of para-hydroxylation sites is 2. The van der Waals surface area contributed by atoms with Gasteiger partial charge in [0.15, 0.2) is 21.2 Å². The van der Waals surface area contributed by atoms with Crippen LogP contribution in [-0.2, 0) is 21.5 Å². The lowest BCUT2D eigenvalue weighted by atomic mass is 10.3. The number of ether oxygens (including phenoxy) is 1. The Hall–Kier alpha value is -2.67. The Kier molecular flexibility index (Phi) is 4.26. The maximum absolute atomic E-state index is 11.6. The van der Waals surface area contributed by atoms with Crippen molar-refractivity contribution in [1.82, 2.24) is 19.0 Å². The number of benzene rings is 1. The van der Waals surface area contributed by atoms with E-state index in [1.165, 1.54) is 6.92 Å². The van der Waals surface area contributed by atoms with Crippen LogP contribution < -0.4 is 0 Å². The van der Waals surface area contributed by atoms with Crippen LogP contribution in [0.1, 0.15) is 11.4 Å². The molecule has 1 aromatic carbocycles. The van der Waals surface area contributed by atoms with Gasteiger partial charge in [-0.25, -0.2) is 9.50 Å². The quantitative estimate of drug-likeness (QED) is 0.385. The topological polar surface area (TPSA) is 134 Å². The van der Waals surface area contributed by atoms with E-state index in [0.29, 0.717) is 17.0 Å². The van der Waals surface area contributed by atoms with E-state index in [2.05, 4.69) is 24.7 Å². The molecule has 0 aliphatic carbocycles. The van der Waals surface area contributed by atoms with Crippen molar-refractivity contribution in [3.05, 3.63) is 35.7 Å². The number of fused-ring (bicyclic) bond motifs is 3. The third-order valence-electron chi connectivity index (χ3n) is 3.88. The highest BCUT2D eigenvalue weighted by atomic mass is 32.2. The van der Waals surface area contributed by atoms with E-state index in [9.17, 15) is 13.0 Å². The second-order valence-electron chi connectivity index (χ2n) is 5.71. The first-order chi connectivity index (χ1) is 12.9. The summed E-state index contributed by atoms with van der Waals surface area (Å²) in [5.41, 5.74) is 3.38. The van der Waals surface area contributed by atoms with Crippen molar-refractivity contribution in [2.75, 3.05) is 7.11 Å². The van der Waals surface area contributed by atoms with Crippen molar-refractivity contribution < 1.29 is 17.7 Å². The normalized spacial score (nSPS) is 12.7. The van der Waals surface area contributed by atoms with Gasteiger partial charge in [-0.1, -0.05) is 12.1 Å². The highest BCUT2D eigenvalue weighted by Crippen LogP contribution is 2.35. The highest BCUT2D eigenvalue weighted by molar-refractivity contribution is 7.86. The number of rotatable bonds is 5. The molecular formula is C15H14N6O4S2. The van der Waals surface area contributed by atoms with Crippen molar-refractivity contribution in [2.45, 2.75) is 18.4 Å². The number of azo groups is 1. The third-order valence-corrected chi connectivity index (χ3v) is 5.84. The van der Waals surface area contributed by atoms with Crippen LogP contribution in [0.4, 0.5) is 10.7 Å². The second-order valence-corrected chi connectivity index (χ2v) is 7.82. The zero-order valence-electron chi connectivity index (χ0n) is 14.2.